The maximum absolute atomic E-state index is 12.8. The van der Waals surface area contributed by atoms with E-state index in [1.165, 1.54) is 167 Å². The van der Waals surface area contributed by atoms with Gasteiger partial charge in [-0.25, -0.2) is 0 Å². The van der Waals surface area contributed by atoms with Gasteiger partial charge in [0.05, 0.1) is 0 Å². The standard InChI is InChI=1S/C68H118O6/c1-4-7-10-13-16-19-22-24-26-28-29-30-31-32-33-34-35-36-37-38-39-41-42-44-46-49-52-55-58-61-67(70)73-64-65(63-72-66(69)60-57-54-51-48-21-18-15-12-9-6-3)74-68(71)62-59-56-53-50-47-45-43-40-27-25-23-20-17-14-11-8-5-2/h8,11-12,15,17,20,25,27-29,43,45,50,53,65H,4-7,9-10,13-14,16,18-19,21-24,26,30-42,44,46-49,51-52,54-64H2,1-3H3/b11-8-,15-12-,20-17-,27-25-,29-28-,45-43-,53-50-. The predicted octanol–water partition coefficient (Wildman–Crippen LogP) is 21.5. The topological polar surface area (TPSA) is 78.9 Å². The molecule has 1 atom stereocenters. The smallest absolute Gasteiger partial charge is 0.306 e. The summed E-state index contributed by atoms with van der Waals surface area (Å²) in [5, 5.41) is 0. The van der Waals surface area contributed by atoms with Crippen LogP contribution in [0.25, 0.3) is 0 Å². The third kappa shape index (κ3) is 59.5. The molecule has 0 fully saturated rings. The van der Waals surface area contributed by atoms with E-state index in [1.807, 2.05) is 0 Å². The lowest BCUT2D eigenvalue weighted by Crippen LogP contribution is -2.30. The molecule has 0 aromatic rings. The number of carbonyl (C=O) groups is 3. The molecule has 0 aliphatic heterocycles. The molecular weight excluding hydrogens is 913 g/mol. The Bertz CT molecular complexity index is 1420. The van der Waals surface area contributed by atoms with Gasteiger partial charge in [-0.15, -0.1) is 0 Å². The molecule has 0 amide bonds. The Balaban J connectivity index is 4.20. The zero-order valence-corrected chi connectivity index (χ0v) is 48.8. The van der Waals surface area contributed by atoms with Gasteiger partial charge in [-0.3, -0.25) is 14.4 Å². The molecule has 0 aromatic heterocycles. The van der Waals surface area contributed by atoms with Crippen molar-refractivity contribution < 1.29 is 28.6 Å². The summed E-state index contributed by atoms with van der Waals surface area (Å²) >= 11 is 0. The van der Waals surface area contributed by atoms with Crippen molar-refractivity contribution in [1.82, 2.24) is 0 Å². The number of ether oxygens (including phenoxy) is 3. The normalized spacial score (nSPS) is 12.6. The Morgan fingerprint density at radius 3 is 0.932 bits per heavy atom. The van der Waals surface area contributed by atoms with Gasteiger partial charge in [-0.2, -0.15) is 0 Å². The summed E-state index contributed by atoms with van der Waals surface area (Å²) < 4.78 is 16.8. The van der Waals surface area contributed by atoms with Gasteiger partial charge in [-0.05, 0) is 103 Å². The van der Waals surface area contributed by atoms with Crippen LogP contribution < -0.4 is 0 Å². The largest absolute Gasteiger partial charge is 0.462 e. The molecule has 0 aliphatic carbocycles. The molecule has 0 spiro atoms. The fraction of sp³-hybridized carbons (Fsp3) is 0.750. The lowest BCUT2D eigenvalue weighted by Gasteiger charge is -2.18. The summed E-state index contributed by atoms with van der Waals surface area (Å²) in [5.74, 6) is -0.962. The van der Waals surface area contributed by atoms with E-state index in [0.29, 0.717) is 19.3 Å². The first kappa shape index (κ1) is 70.6. The number of rotatable bonds is 57. The molecule has 6 heteroatoms. The maximum atomic E-state index is 12.8. The lowest BCUT2D eigenvalue weighted by atomic mass is 10.0. The summed E-state index contributed by atoms with van der Waals surface area (Å²) in [6, 6.07) is 0. The fourth-order valence-electron chi connectivity index (χ4n) is 8.89. The molecule has 74 heavy (non-hydrogen) atoms. The summed E-state index contributed by atoms with van der Waals surface area (Å²) in [5.41, 5.74) is 0. The lowest BCUT2D eigenvalue weighted by molar-refractivity contribution is -0.167. The second kappa shape index (κ2) is 62.1. The molecule has 0 saturated carbocycles. The molecule has 1 unspecified atom stereocenters. The number of hydrogen-bond donors (Lipinski definition) is 0. The van der Waals surface area contributed by atoms with Crippen molar-refractivity contribution in [3.05, 3.63) is 85.1 Å². The van der Waals surface area contributed by atoms with Gasteiger partial charge in [0.1, 0.15) is 13.2 Å². The average molecular weight is 1030 g/mol. The third-order valence-electron chi connectivity index (χ3n) is 13.6. The van der Waals surface area contributed by atoms with Crippen LogP contribution in [0.1, 0.15) is 310 Å². The van der Waals surface area contributed by atoms with Crippen LogP contribution in [0.2, 0.25) is 0 Å². The van der Waals surface area contributed by atoms with E-state index in [-0.39, 0.29) is 37.5 Å². The van der Waals surface area contributed by atoms with Gasteiger partial charge >= 0.3 is 17.9 Å². The van der Waals surface area contributed by atoms with Gasteiger partial charge in [0.15, 0.2) is 6.10 Å². The second-order valence-electron chi connectivity index (χ2n) is 20.9. The highest BCUT2D eigenvalue weighted by molar-refractivity contribution is 5.71. The van der Waals surface area contributed by atoms with Crippen LogP contribution in [-0.2, 0) is 28.6 Å². The van der Waals surface area contributed by atoms with Gasteiger partial charge in [0.25, 0.3) is 0 Å². The highest BCUT2D eigenvalue weighted by Crippen LogP contribution is 2.17. The Morgan fingerprint density at radius 1 is 0.284 bits per heavy atom. The molecule has 0 aliphatic rings. The third-order valence-corrected chi connectivity index (χ3v) is 13.6. The van der Waals surface area contributed by atoms with Crippen LogP contribution in [0.15, 0.2) is 85.1 Å². The number of allylic oxidation sites excluding steroid dienone is 14. The van der Waals surface area contributed by atoms with Crippen LogP contribution in [-0.4, -0.2) is 37.2 Å². The van der Waals surface area contributed by atoms with E-state index in [1.54, 1.807) is 0 Å². The quantitative estimate of drug-likeness (QED) is 0.0261. The van der Waals surface area contributed by atoms with E-state index in [2.05, 4.69) is 106 Å². The first-order valence-corrected chi connectivity index (χ1v) is 31.6. The highest BCUT2D eigenvalue weighted by atomic mass is 16.6. The second-order valence-corrected chi connectivity index (χ2v) is 20.9. The van der Waals surface area contributed by atoms with E-state index in [9.17, 15) is 14.4 Å². The summed E-state index contributed by atoms with van der Waals surface area (Å²) in [6.45, 7) is 6.43. The van der Waals surface area contributed by atoms with Crippen molar-refractivity contribution in [1.29, 1.82) is 0 Å². The monoisotopic (exact) mass is 1030 g/mol. The predicted molar refractivity (Wildman–Crippen MR) is 321 cm³/mol. The van der Waals surface area contributed by atoms with E-state index >= 15 is 0 Å². The minimum Gasteiger partial charge on any atom is -0.462 e. The zero-order valence-electron chi connectivity index (χ0n) is 48.8. The van der Waals surface area contributed by atoms with Crippen molar-refractivity contribution in [3.63, 3.8) is 0 Å². The molecule has 0 aromatic carbocycles. The van der Waals surface area contributed by atoms with Crippen LogP contribution >= 0.6 is 0 Å². The van der Waals surface area contributed by atoms with Crippen molar-refractivity contribution in [2.45, 2.75) is 316 Å². The Morgan fingerprint density at radius 2 is 0.568 bits per heavy atom. The SMILES string of the molecule is CC/C=C\C/C=C\C/C=C\C/C=C\C/C=C\CCCC(=O)OC(COC(=O)CCCCCCC/C=C\CCC)COC(=O)CCCCCCCCCCCCCCCCCCC/C=C\CCCCCCCCCC. The van der Waals surface area contributed by atoms with Gasteiger partial charge in [0, 0.05) is 19.3 Å². The Labute approximate surface area is 458 Å². The van der Waals surface area contributed by atoms with Crippen LogP contribution in [0, 0.1) is 0 Å². The molecule has 426 valence electrons. The van der Waals surface area contributed by atoms with Crippen molar-refractivity contribution in [2.75, 3.05) is 13.2 Å². The minimum atomic E-state index is -0.809. The number of hydrogen-bond acceptors (Lipinski definition) is 6. The molecule has 0 bridgehead atoms. The van der Waals surface area contributed by atoms with E-state index in [4.69, 9.17) is 14.2 Å². The summed E-state index contributed by atoms with van der Waals surface area (Å²) in [4.78, 5) is 38.1. The van der Waals surface area contributed by atoms with Crippen molar-refractivity contribution in [3.8, 4) is 0 Å². The first-order valence-electron chi connectivity index (χ1n) is 31.6. The number of esters is 3. The fourth-order valence-corrected chi connectivity index (χ4v) is 8.89. The molecule has 0 rings (SSSR count). The number of unbranched alkanes of at least 4 members (excludes halogenated alkanes) is 32. The Kier molecular flexibility index (Phi) is 59.3. The zero-order chi connectivity index (χ0) is 53.6. The van der Waals surface area contributed by atoms with Gasteiger partial charge in [-0.1, -0.05) is 273 Å². The number of carbonyl (C=O) groups excluding carboxylic acids is 3. The molecular formula is C68H118O6. The minimum absolute atomic E-state index is 0.100. The van der Waals surface area contributed by atoms with E-state index in [0.717, 1.165) is 96.3 Å². The molecule has 0 N–H and O–H groups in total. The molecule has 0 saturated heterocycles. The first-order chi connectivity index (χ1) is 36.5. The maximum Gasteiger partial charge on any atom is 0.306 e. The Hall–Kier alpha value is -3.41. The van der Waals surface area contributed by atoms with Gasteiger partial charge in [0.2, 0.25) is 0 Å². The van der Waals surface area contributed by atoms with Gasteiger partial charge < -0.3 is 14.2 Å². The average Bonchev–Trinajstić information content (AvgIpc) is 3.40. The van der Waals surface area contributed by atoms with Crippen molar-refractivity contribution >= 4 is 17.9 Å². The summed E-state index contributed by atoms with van der Waals surface area (Å²) in [7, 11) is 0. The molecule has 0 heterocycles. The van der Waals surface area contributed by atoms with Crippen LogP contribution in [0.5, 0.6) is 0 Å². The molecule has 6 nitrogen and oxygen atoms in total. The van der Waals surface area contributed by atoms with Crippen LogP contribution in [0.3, 0.4) is 0 Å². The van der Waals surface area contributed by atoms with Crippen molar-refractivity contribution in [2.24, 2.45) is 0 Å². The van der Waals surface area contributed by atoms with Crippen LogP contribution in [0.4, 0.5) is 0 Å². The highest BCUT2D eigenvalue weighted by Gasteiger charge is 2.19. The molecule has 0 radical (unpaired) electrons. The van der Waals surface area contributed by atoms with E-state index < -0.39 is 6.10 Å². The summed E-state index contributed by atoms with van der Waals surface area (Å²) in [6.07, 6.45) is 81.9.